The van der Waals surface area contributed by atoms with Crippen LogP contribution in [0.15, 0.2) is 29.0 Å². The predicted molar refractivity (Wildman–Crippen MR) is 102 cm³/mol. The van der Waals surface area contributed by atoms with E-state index in [2.05, 4.69) is 0 Å². The molecule has 1 aromatic rings. The number of ether oxygens (including phenoxy) is 5. The Morgan fingerprint density at radius 3 is 2.11 bits per heavy atom. The number of amides is 1. The van der Waals surface area contributed by atoms with E-state index in [-0.39, 0.29) is 17.1 Å². The molecule has 1 aliphatic heterocycles. The number of rotatable bonds is 8. The van der Waals surface area contributed by atoms with Gasteiger partial charge in [0, 0.05) is 19.4 Å². The molecule has 0 bridgehead atoms. The number of carbonyl (C=O) groups is 2. The molecule has 0 spiro atoms. The first-order chi connectivity index (χ1) is 13.4. The molecular weight excluding hydrogens is 366 g/mol. The minimum Gasteiger partial charge on any atom is -0.493 e. The van der Waals surface area contributed by atoms with Crippen LogP contribution in [0.1, 0.15) is 12.5 Å². The molecule has 0 aliphatic carbocycles. The summed E-state index contributed by atoms with van der Waals surface area (Å²) in [7, 11) is 7.35. The molecule has 8 nitrogen and oxygen atoms in total. The Balaban J connectivity index is 2.59. The summed E-state index contributed by atoms with van der Waals surface area (Å²) >= 11 is 0. The second-order valence-electron chi connectivity index (χ2n) is 5.92. The number of hydrogen-bond donors (Lipinski definition) is 0. The minimum absolute atomic E-state index is 0.220. The number of allylic oxidation sites excluding steroid dienone is 1. The van der Waals surface area contributed by atoms with Gasteiger partial charge in [-0.2, -0.15) is 0 Å². The molecule has 1 aromatic carbocycles. The van der Waals surface area contributed by atoms with Gasteiger partial charge in [0.05, 0.1) is 46.2 Å². The molecule has 0 saturated heterocycles. The van der Waals surface area contributed by atoms with Crippen LogP contribution in [-0.4, -0.2) is 65.5 Å². The van der Waals surface area contributed by atoms with Crippen LogP contribution in [0.5, 0.6) is 17.2 Å². The van der Waals surface area contributed by atoms with E-state index >= 15 is 0 Å². The summed E-state index contributed by atoms with van der Waals surface area (Å²) in [6.07, 6.45) is 1.61. The lowest BCUT2D eigenvalue weighted by Gasteiger charge is -2.17. The zero-order valence-corrected chi connectivity index (χ0v) is 17.0. The number of benzene rings is 1. The standard InChI is InChI=1S/C20H25NO7/c1-12-17(20(23)28-6)14(19(22)21(12)7-8-24-2)9-13-10-15(25-3)18(27-5)16(11-13)26-4/h9-11H,7-8H2,1-6H3/b14-9-. The molecule has 8 heteroatoms. The molecule has 0 atom stereocenters. The molecule has 28 heavy (non-hydrogen) atoms. The molecule has 152 valence electrons. The van der Waals surface area contributed by atoms with Crippen molar-refractivity contribution in [3.63, 3.8) is 0 Å². The average molecular weight is 391 g/mol. The first kappa shape index (κ1) is 21.3. The van der Waals surface area contributed by atoms with E-state index in [0.717, 1.165) is 0 Å². The van der Waals surface area contributed by atoms with Crippen molar-refractivity contribution in [3.8, 4) is 17.2 Å². The van der Waals surface area contributed by atoms with Gasteiger partial charge in [0.25, 0.3) is 5.91 Å². The van der Waals surface area contributed by atoms with Crippen LogP contribution >= 0.6 is 0 Å². The van der Waals surface area contributed by atoms with Gasteiger partial charge in [-0.3, -0.25) is 4.79 Å². The maximum atomic E-state index is 13.0. The molecule has 0 N–H and O–H groups in total. The van der Waals surface area contributed by atoms with Gasteiger partial charge < -0.3 is 28.6 Å². The number of carbonyl (C=O) groups excluding carboxylic acids is 2. The third kappa shape index (κ3) is 3.96. The van der Waals surface area contributed by atoms with Gasteiger partial charge in [0.15, 0.2) is 11.5 Å². The van der Waals surface area contributed by atoms with E-state index in [1.807, 2.05) is 0 Å². The van der Waals surface area contributed by atoms with Crippen molar-refractivity contribution in [2.45, 2.75) is 6.92 Å². The summed E-state index contributed by atoms with van der Waals surface area (Å²) in [5.74, 6) is 0.436. The van der Waals surface area contributed by atoms with Crippen LogP contribution in [0.4, 0.5) is 0 Å². The lowest BCUT2D eigenvalue weighted by molar-refractivity contribution is -0.136. The normalized spacial score (nSPS) is 15.3. The Labute approximate surface area is 164 Å². The fourth-order valence-corrected chi connectivity index (χ4v) is 3.03. The summed E-state index contributed by atoms with van der Waals surface area (Å²) in [6.45, 7) is 2.37. The van der Waals surface area contributed by atoms with Crippen molar-refractivity contribution >= 4 is 18.0 Å². The van der Waals surface area contributed by atoms with Crippen molar-refractivity contribution in [1.82, 2.24) is 4.90 Å². The second kappa shape index (κ2) is 9.27. The summed E-state index contributed by atoms with van der Waals surface area (Å²) in [6, 6.07) is 3.40. The summed E-state index contributed by atoms with van der Waals surface area (Å²) in [5.41, 5.74) is 1.58. The fourth-order valence-electron chi connectivity index (χ4n) is 3.03. The third-order valence-electron chi connectivity index (χ3n) is 4.42. The van der Waals surface area contributed by atoms with Gasteiger partial charge in [-0.15, -0.1) is 0 Å². The molecular formula is C20H25NO7. The Bertz CT molecular complexity index is 801. The minimum atomic E-state index is -0.579. The predicted octanol–water partition coefficient (Wildman–Crippen LogP) is 2.03. The number of hydrogen-bond acceptors (Lipinski definition) is 7. The first-order valence-corrected chi connectivity index (χ1v) is 8.55. The largest absolute Gasteiger partial charge is 0.493 e. The summed E-state index contributed by atoms with van der Waals surface area (Å²) in [4.78, 5) is 26.8. The van der Waals surface area contributed by atoms with E-state index in [1.165, 1.54) is 33.3 Å². The van der Waals surface area contributed by atoms with Crippen molar-refractivity contribution in [3.05, 3.63) is 34.5 Å². The van der Waals surface area contributed by atoms with Crippen molar-refractivity contribution < 1.29 is 33.3 Å². The van der Waals surface area contributed by atoms with E-state index in [9.17, 15) is 9.59 Å². The molecule has 0 fully saturated rings. The van der Waals surface area contributed by atoms with Crippen molar-refractivity contribution in [2.24, 2.45) is 0 Å². The summed E-state index contributed by atoms with van der Waals surface area (Å²) in [5, 5.41) is 0. The van der Waals surface area contributed by atoms with Gasteiger partial charge in [-0.25, -0.2) is 4.79 Å². The van der Waals surface area contributed by atoms with Gasteiger partial charge in [0.2, 0.25) is 5.75 Å². The van der Waals surface area contributed by atoms with E-state index in [4.69, 9.17) is 23.7 Å². The molecule has 0 unspecified atom stereocenters. The average Bonchev–Trinajstić information content (AvgIpc) is 2.94. The Hall–Kier alpha value is -3.00. The summed E-state index contributed by atoms with van der Waals surface area (Å²) < 4.78 is 26.0. The lowest BCUT2D eigenvalue weighted by atomic mass is 10.0. The SMILES string of the molecule is COCCN1C(=O)/C(=C\c2cc(OC)c(OC)c(OC)c2)C(C(=O)OC)=C1C. The molecule has 1 heterocycles. The van der Waals surface area contributed by atoms with Crippen LogP contribution in [0.2, 0.25) is 0 Å². The zero-order chi connectivity index (χ0) is 20.8. The Morgan fingerprint density at radius 2 is 1.64 bits per heavy atom. The Kier molecular flexibility index (Phi) is 7.06. The molecule has 1 aliphatic rings. The smallest absolute Gasteiger partial charge is 0.340 e. The third-order valence-corrected chi connectivity index (χ3v) is 4.42. The quantitative estimate of drug-likeness (QED) is 0.495. The highest BCUT2D eigenvalue weighted by molar-refractivity contribution is 6.16. The van der Waals surface area contributed by atoms with Crippen LogP contribution in [-0.2, 0) is 19.1 Å². The molecule has 0 saturated carbocycles. The maximum absolute atomic E-state index is 13.0. The van der Waals surface area contributed by atoms with Gasteiger partial charge >= 0.3 is 5.97 Å². The van der Waals surface area contributed by atoms with Gasteiger partial charge in [0.1, 0.15) is 0 Å². The van der Waals surface area contributed by atoms with Crippen LogP contribution in [0, 0.1) is 0 Å². The van der Waals surface area contributed by atoms with Crippen LogP contribution in [0.25, 0.3) is 6.08 Å². The first-order valence-electron chi connectivity index (χ1n) is 8.55. The van der Waals surface area contributed by atoms with E-state index in [0.29, 0.717) is 41.7 Å². The highest BCUT2D eigenvalue weighted by atomic mass is 16.5. The highest BCUT2D eigenvalue weighted by Crippen LogP contribution is 2.40. The Morgan fingerprint density at radius 1 is 1.04 bits per heavy atom. The highest BCUT2D eigenvalue weighted by Gasteiger charge is 2.36. The molecule has 0 radical (unpaired) electrons. The fraction of sp³-hybridized carbons (Fsp3) is 0.400. The lowest BCUT2D eigenvalue weighted by Crippen LogP contribution is -2.28. The monoisotopic (exact) mass is 391 g/mol. The topological polar surface area (TPSA) is 83.5 Å². The number of methoxy groups -OCH3 is 5. The van der Waals surface area contributed by atoms with Gasteiger partial charge in [-0.05, 0) is 30.7 Å². The van der Waals surface area contributed by atoms with Gasteiger partial charge in [-0.1, -0.05) is 0 Å². The van der Waals surface area contributed by atoms with Crippen LogP contribution in [0.3, 0.4) is 0 Å². The maximum Gasteiger partial charge on any atom is 0.340 e. The van der Waals surface area contributed by atoms with Crippen molar-refractivity contribution in [1.29, 1.82) is 0 Å². The molecule has 2 rings (SSSR count). The second-order valence-corrected chi connectivity index (χ2v) is 5.92. The molecule has 0 aromatic heterocycles. The van der Waals surface area contributed by atoms with E-state index in [1.54, 1.807) is 32.2 Å². The molecule has 1 amide bonds. The van der Waals surface area contributed by atoms with Crippen molar-refractivity contribution in [2.75, 3.05) is 48.7 Å². The zero-order valence-electron chi connectivity index (χ0n) is 17.0. The van der Waals surface area contributed by atoms with Crippen LogP contribution < -0.4 is 14.2 Å². The number of nitrogens with zero attached hydrogens (tertiary/aromatic N) is 1. The number of esters is 1. The van der Waals surface area contributed by atoms with E-state index < -0.39 is 5.97 Å².